The van der Waals surface area contributed by atoms with E-state index in [4.69, 9.17) is 4.42 Å². The summed E-state index contributed by atoms with van der Waals surface area (Å²) in [5.74, 6) is 0.279. The number of carbonyl (C=O) groups excluding carboxylic acids is 1. The lowest BCUT2D eigenvalue weighted by Gasteiger charge is -2.16. The quantitative estimate of drug-likeness (QED) is 0.481. The fraction of sp³-hybridized carbons (Fsp3) is 0.250. The van der Waals surface area contributed by atoms with Gasteiger partial charge in [-0.2, -0.15) is 0 Å². The van der Waals surface area contributed by atoms with Crippen molar-refractivity contribution in [3.05, 3.63) is 65.0 Å². The number of ketones is 1. The Bertz CT molecular complexity index is 937. The van der Waals surface area contributed by atoms with Gasteiger partial charge in [0.25, 0.3) is 5.22 Å². The van der Waals surface area contributed by atoms with E-state index in [9.17, 15) is 9.18 Å². The number of fused-ring (bicyclic) bond motifs is 1. The Morgan fingerprint density at radius 1 is 1.04 bits per heavy atom. The first kappa shape index (κ1) is 17.0. The Kier molecular flexibility index (Phi) is 4.84. The number of halogens is 1. The van der Waals surface area contributed by atoms with Crippen molar-refractivity contribution in [1.29, 1.82) is 0 Å². The fourth-order valence-corrected chi connectivity index (χ4v) is 3.75. The average Bonchev–Trinajstić information content (AvgIpc) is 3.15. The van der Waals surface area contributed by atoms with Crippen LogP contribution in [0.15, 0.2) is 52.1 Å². The molecule has 3 aromatic rings. The van der Waals surface area contributed by atoms with Crippen molar-refractivity contribution in [2.45, 2.75) is 30.9 Å². The Morgan fingerprint density at radius 2 is 1.81 bits per heavy atom. The Morgan fingerprint density at radius 3 is 2.62 bits per heavy atom. The zero-order valence-electron chi connectivity index (χ0n) is 14.1. The van der Waals surface area contributed by atoms with Crippen molar-refractivity contribution in [2.24, 2.45) is 0 Å². The smallest absolute Gasteiger partial charge is 0.277 e. The second-order valence-electron chi connectivity index (χ2n) is 6.28. The molecule has 0 saturated carbocycles. The number of aromatic nitrogens is 2. The van der Waals surface area contributed by atoms with Gasteiger partial charge in [-0.05, 0) is 67.1 Å². The molecule has 0 bridgehead atoms. The van der Waals surface area contributed by atoms with Crippen LogP contribution in [0, 0.1) is 5.82 Å². The lowest BCUT2D eigenvalue weighted by molar-refractivity contribution is 0.102. The summed E-state index contributed by atoms with van der Waals surface area (Å²) >= 11 is 1.22. The van der Waals surface area contributed by atoms with Crippen molar-refractivity contribution >= 4 is 17.5 Å². The summed E-state index contributed by atoms with van der Waals surface area (Å²) in [6.07, 6.45) is 4.57. The number of aryl methyl sites for hydroxylation is 2. The summed E-state index contributed by atoms with van der Waals surface area (Å²) in [6, 6.07) is 11.8. The van der Waals surface area contributed by atoms with Crippen LogP contribution in [0.4, 0.5) is 4.39 Å². The Labute approximate surface area is 154 Å². The standard InChI is InChI=1S/C20H17FN2O2S/c21-17-9-7-14(8-10-17)19-22-23-20(25-19)26-12-18(24)16-6-5-13-3-1-2-4-15(13)11-16/h5-11H,1-4,12H2. The van der Waals surface area contributed by atoms with E-state index in [2.05, 4.69) is 16.3 Å². The third-order valence-electron chi connectivity index (χ3n) is 4.49. The van der Waals surface area contributed by atoms with Gasteiger partial charge in [0.05, 0.1) is 5.75 Å². The fourth-order valence-electron chi connectivity index (χ4n) is 3.09. The minimum atomic E-state index is -0.321. The van der Waals surface area contributed by atoms with Crippen molar-refractivity contribution in [1.82, 2.24) is 10.2 Å². The van der Waals surface area contributed by atoms with Gasteiger partial charge in [-0.1, -0.05) is 23.9 Å². The van der Waals surface area contributed by atoms with Crippen molar-refractivity contribution in [3.8, 4) is 11.5 Å². The van der Waals surface area contributed by atoms with E-state index < -0.39 is 0 Å². The maximum Gasteiger partial charge on any atom is 0.277 e. The third-order valence-corrected chi connectivity index (χ3v) is 5.31. The second kappa shape index (κ2) is 7.41. The minimum Gasteiger partial charge on any atom is -0.411 e. The van der Waals surface area contributed by atoms with Gasteiger partial charge in [-0.25, -0.2) is 4.39 Å². The molecule has 1 aromatic heterocycles. The highest BCUT2D eigenvalue weighted by atomic mass is 32.2. The molecule has 4 nitrogen and oxygen atoms in total. The summed E-state index contributed by atoms with van der Waals surface area (Å²) in [7, 11) is 0. The van der Waals surface area contributed by atoms with Crippen LogP contribution in [0.1, 0.15) is 34.3 Å². The van der Waals surface area contributed by atoms with Crippen LogP contribution in [0.5, 0.6) is 0 Å². The molecule has 1 heterocycles. The van der Waals surface area contributed by atoms with Gasteiger partial charge in [-0.15, -0.1) is 10.2 Å². The predicted octanol–water partition coefficient (Wildman–Crippen LogP) is 4.73. The van der Waals surface area contributed by atoms with Crippen molar-refractivity contribution < 1.29 is 13.6 Å². The van der Waals surface area contributed by atoms with E-state index >= 15 is 0 Å². The molecular formula is C20H17FN2O2S. The van der Waals surface area contributed by atoms with Gasteiger partial charge in [0.15, 0.2) is 5.78 Å². The number of hydrogen-bond acceptors (Lipinski definition) is 5. The number of nitrogens with zero attached hydrogens (tertiary/aromatic N) is 2. The molecule has 0 unspecified atom stereocenters. The zero-order chi connectivity index (χ0) is 17.9. The first-order valence-electron chi connectivity index (χ1n) is 8.56. The largest absolute Gasteiger partial charge is 0.411 e. The van der Waals surface area contributed by atoms with E-state index in [0.717, 1.165) is 18.4 Å². The lowest BCUT2D eigenvalue weighted by atomic mass is 9.90. The molecule has 4 rings (SSSR count). The summed E-state index contributed by atoms with van der Waals surface area (Å²) < 4.78 is 18.5. The molecule has 26 heavy (non-hydrogen) atoms. The highest BCUT2D eigenvalue weighted by molar-refractivity contribution is 7.99. The first-order valence-corrected chi connectivity index (χ1v) is 9.55. The highest BCUT2D eigenvalue weighted by Crippen LogP contribution is 2.26. The summed E-state index contributed by atoms with van der Waals surface area (Å²) in [6.45, 7) is 0. The molecule has 132 valence electrons. The number of rotatable bonds is 5. The van der Waals surface area contributed by atoms with E-state index in [1.807, 2.05) is 12.1 Å². The first-order chi connectivity index (χ1) is 12.7. The molecule has 0 aliphatic heterocycles. The van der Waals surface area contributed by atoms with Gasteiger partial charge in [0, 0.05) is 11.1 Å². The maximum atomic E-state index is 13.0. The monoisotopic (exact) mass is 368 g/mol. The molecular weight excluding hydrogens is 351 g/mol. The number of carbonyl (C=O) groups is 1. The van der Waals surface area contributed by atoms with Gasteiger partial charge in [0.2, 0.25) is 5.89 Å². The predicted molar refractivity (Wildman–Crippen MR) is 97.8 cm³/mol. The van der Waals surface area contributed by atoms with Crippen LogP contribution < -0.4 is 0 Å². The number of hydrogen-bond donors (Lipinski definition) is 0. The van der Waals surface area contributed by atoms with Crippen LogP contribution in [0.3, 0.4) is 0 Å². The SMILES string of the molecule is O=C(CSc1nnc(-c2ccc(F)cc2)o1)c1ccc2c(c1)CCCC2. The molecule has 2 aromatic carbocycles. The van der Waals surface area contributed by atoms with Crippen LogP contribution in [0.25, 0.3) is 11.5 Å². The zero-order valence-corrected chi connectivity index (χ0v) is 14.9. The van der Waals surface area contributed by atoms with Crippen LogP contribution in [-0.4, -0.2) is 21.7 Å². The molecule has 0 amide bonds. The van der Waals surface area contributed by atoms with Crippen LogP contribution >= 0.6 is 11.8 Å². The molecule has 1 aliphatic rings. The van der Waals surface area contributed by atoms with Crippen molar-refractivity contribution in [3.63, 3.8) is 0 Å². The highest BCUT2D eigenvalue weighted by Gasteiger charge is 2.15. The molecule has 0 atom stereocenters. The van der Waals surface area contributed by atoms with E-state index in [1.54, 1.807) is 12.1 Å². The van der Waals surface area contributed by atoms with E-state index in [1.165, 1.54) is 47.9 Å². The third kappa shape index (κ3) is 3.70. The minimum absolute atomic E-state index is 0.0462. The molecule has 0 N–H and O–H groups in total. The van der Waals surface area contributed by atoms with Gasteiger partial charge >= 0.3 is 0 Å². The van der Waals surface area contributed by atoms with E-state index in [0.29, 0.717) is 16.7 Å². The summed E-state index contributed by atoms with van der Waals surface area (Å²) in [5, 5.41) is 8.23. The average molecular weight is 368 g/mol. The lowest BCUT2D eigenvalue weighted by Crippen LogP contribution is -2.07. The normalized spacial score (nSPS) is 13.4. The number of thioether (sulfide) groups is 1. The number of benzene rings is 2. The topological polar surface area (TPSA) is 56.0 Å². The molecule has 0 saturated heterocycles. The van der Waals surface area contributed by atoms with Crippen LogP contribution in [-0.2, 0) is 12.8 Å². The van der Waals surface area contributed by atoms with Crippen molar-refractivity contribution in [2.75, 3.05) is 5.75 Å². The summed E-state index contributed by atoms with van der Waals surface area (Å²) in [4.78, 5) is 12.5. The van der Waals surface area contributed by atoms with Gasteiger partial charge in [0.1, 0.15) is 5.82 Å². The maximum absolute atomic E-state index is 13.0. The number of Topliss-reactive ketones (excluding diaryl/α,β-unsaturated/α-hetero) is 1. The second-order valence-corrected chi connectivity index (χ2v) is 7.21. The molecule has 6 heteroatoms. The van der Waals surface area contributed by atoms with Gasteiger partial charge < -0.3 is 4.42 Å². The summed E-state index contributed by atoms with van der Waals surface area (Å²) in [5.41, 5.74) is 4.04. The van der Waals surface area contributed by atoms with Crippen LogP contribution in [0.2, 0.25) is 0 Å². The molecule has 1 aliphatic carbocycles. The molecule has 0 radical (unpaired) electrons. The molecule has 0 spiro atoms. The Hall–Kier alpha value is -2.47. The van der Waals surface area contributed by atoms with E-state index in [-0.39, 0.29) is 17.4 Å². The molecule has 0 fully saturated rings. The van der Waals surface area contributed by atoms with Gasteiger partial charge in [-0.3, -0.25) is 4.79 Å². The Balaban J connectivity index is 1.41.